The van der Waals surface area contributed by atoms with E-state index in [4.69, 9.17) is 11.6 Å². The summed E-state index contributed by atoms with van der Waals surface area (Å²) in [6.45, 7) is 0. The van der Waals surface area contributed by atoms with Gasteiger partial charge in [-0.25, -0.2) is 13.1 Å². The minimum absolute atomic E-state index is 0.0385. The summed E-state index contributed by atoms with van der Waals surface area (Å²) < 4.78 is 26.9. The number of sulfonamides is 1. The average molecular weight is 288 g/mol. The largest absolute Gasteiger partial charge is 0.216 e. The smallest absolute Gasteiger partial charge is 0.212 e. The Morgan fingerprint density at radius 1 is 1.17 bits per heavy atom. The first-order valence-corrected chi connectivity index (χ1v) is 8.33. The van der Waals surface area contributed by atoms with E-state index in [0.29, 0.717) is 10.6 Å². The summed E-state index contributed by atoms with van der Waals surface area (Å²) in [6, 6.07) is 7.17. The van der Waals surface area contributed by atoms with Crippen LogP contribution in [0, 0.1) is 0 Å². The van der Waals surface area contributed by atoms with Crippen LogP contribution in [0.15, 0.2) is 24.3 Å². The summed E-state index contributed by atoms with van der Waals surface area (Å²) in [6.07, 6.45) is 5.32. The highest BCUT2D eigenvalue weighted by Crippen LogP contribution is 2.20. The van der Waals surface area contributed by atoms with Crippen molar-refractivity contribution in [2.45, 2.75) is 43.9 Å². The molecule has 1 aliphatic carbocycles. The van der Waals surface area contributed by atoms with Gasteiger partial charge >= 0.3 is 0 Å². The molecule has 5 heteroatoms. The Morgan fingerprint density at radius 3 is 2.50 bits per heavy atom. The standard InChI is InChI=1S/C13H18ClNO2S/c14-13-9-5-4-6-11(13)10-18(16,17)15-12-7-2-1-3-8-12/h4-6,9,12,15H,1-3,7-8,10H2. The Hall–Kier alpha value is -0.580. The van der Waals surface area contributed by atoms with Gasteiger partial charge in [0.25, 0.3) is 0 Å². The molecule has 0 aliphatic heterocycles. The average Bonchev–Trinajstić information content (AvgIpc) is 2.32. The van der Waals surface area contributed by atoms with Crippen molar-refractivity contribution in [3.05, 3.63) is 34.9 Å². The van der Waals surface area contributed by atoms with Crippen LogP contribution in [0.3, 0.4) is 0 Å². The zero-order valence-electron chi connectivity index (χ0n) is 10.2. The highest BCUT2D eigenvalue weighted by molar-refractivity contribution is 7.88. The van der Waals surface area contributed by atoms with E-state index in [1.54, 1.807) is 24.3 Å². The van der Waals surface area contributed by atoms with E-state index in [9.17, 15) is 8.42 Å². The molecule has 0 aromatic heterocycles. The van der Waals surface area contributed by atoms with Crippen molar-refractivity contribution in [2.24, 2.45) is 0 Å². The predicted molar refractivity (Wildman–Crippen MR) is 74.1 cm³/mol. The third kappa shape index (κ3) is 3.97. The molecule has 1 aliphatic rings. The number of nitrogens with one attached hydrogen (secondary N) is 1. The Balaban J connectivity index is 2.01. The summed E-state index contributed by atoms with van der Waals surface area (Å²) in [5, 5.41) is 0.506. The quantitative estimate of drug-likeness (QED) is 0.925. The fraction of sp³-hybridized carbons (Fsp3) is 0.538. The van der Waals surface area contributed by atoms with Gasteiger partial charge in [-0.15, -0.1) is 0 Å². The third-order valence-electron chi connectivity index (χ3n) is 3.25. The van der Waals surface area contributed by atoms with Gasteiger partial charge in [0.2, 0.25) is 10.0 Å². The second kappa shape index (κ2) is 6.04. The molecule has 1 saturated carbocycles. The number of benzene rings is 1. The fourth-order valence-corrected chi connectivity index (χ4v) is 4.11. The summed E-state index contributed by atoms with van der Waals surface area (Å²) in [4.78, 5) is 0. The lowest BCUT2D eigenvalue weighted by Gasteiger charge is -2.22. The molecule has 0 saturated heterocycles. The van der Waals surface area contributed by atoms with Gasteiger partial charge < -0.3 is 0 Å². The van der Waals surface area contributed by atoms with Gasteiger partial charge in [0.15, 0.2) is 0 Å². The lowest BCUT2D eigenvalue weighted by Crippen LogP contribution is -2.36. The van der Waals surface area contributed by atoms with Crippen molar-refractivity contribution in [1.82, 2.24) is 4.72 Å². The van der Waals surface area contributed by atoms with E-state index >= 15 is 0 Å². The molecular weight excluding hydrogens is 270 g/mol. The van der Waals surface area contributed by atoms with E-state index in [0.717, 1.165) is 25.7 Å². The van der Waals surface area contributed by atoms with Crippen LogP contribution in [0.25, 0.3) is 0 Å². The van der Waals surface area contributed by atoms with Crippen LogP contribution in [0.1, 0.15) is 37.7 Å². The van der Waals surface area contributed by atoms with Crippen molar-refractivity contribution >= 4 is 21.6 Å². The van der Waals surface area contributed by atoms with Crippen LogP contribution >= 0.6 is 11.6 Å². The lowest BCUT2D eigenvalue weighted by atomic mass is 9.96. The van der Waals surface area contributed by atoms with Gasteiger partial charge in [-0.3, -0.25) is 0 Å². The topological polar surface area (TPSA) is 46.2 Å². The van der Waals surface area contributed by atoms with Crippen LogP contribution in [-0.2, 0) is 15.8 Å². The highest BCUT2D eigenvalue weighted by atomic mass is 35.5. The fourth-order valence-electron chi connectivity index (χ4n) is 2.34. The normalized spacial score (nSPS) is 17.8. The maximum absolute atomic E-state index is 12.1. The number of halogens is 1. The summed E-state index contributed by atoms with van der Waals surface area (Å²) in [5.41, 5.74) is 0.655. The van der Waals surface area contributed by atoms with Gasteiger partial charge in [0.05, 0.1) is 5.75 Å². The molecule has 0 radical (unpaired) electrons. The lowest BCUT2D eigenvalue weighted by molar-refractivity contribution is 0.412. The zero-order valence-corrected chi connectivity index (χ0v) is 11.8. The molecule has 1 aromatic rings. The molecule has 0 unspecified atom stereocenters. The first-order chi connectivity index (χ1) is 8.57. The first-order valence-electron chi connectivity index (χ1n) is 6.30. The van der Waals surface area contributed by atoms with E-state index < -0.39 is 10.0 Å². The Morgan fingerprint density at radius 2 is 1.83 bits per heavy atom. The molecule has 0 heterocycles. The Kier molecular flexibility index (Phi) is 4.65. The van der Waals surface area contributed by atoms with Crippen LogP contribution < -0.4 is 4.72 Å². The van der Waals surface area contributed by atoms with Crippen molar-refractivity contribution < 1.29 is 8.42 Å². The van der Waals surface area contributed by atoms with Crippen molar-refractivity contribution in [3.63, 3.8) is 0 Å². The molecule has 0 atom stereocenters. The summed E-state index contributed by atoms with van der Waals surface area (Å²) in [5.74, 6) is -0.0385. The van der Waals surface area contributed by atoms with Crippen LogP contribution in [0.4, 0.5) is 0 Å². The SMILES string of the molecule is O=S(=O)(Cc1ccccc1Cl)NC1CCCCC1. The molecule has 0 bridgehead atoms. The predicted octanol–water partition coefficient (Wildman–Crippen LogP) is 3.09. The summed E-state index contributed by atoms with van der Waals surface area (Å²) in [7, 11) is -3.29. The number of hydrogen-bond donors (Lipinski definition) is 1. The second-order valence-electron chi connectivity index (χ2n) is 4.80. The molecule has 18 heavy (non-hydrogen) atoms. The second-order valence-corrected chi connectivity index (χ2v) is 6.96. The van der Waals surface area contributed by atoms with E-state index in [1.807, 2.05) is 0 Å². The monoisotopic (exact) mass is 287 g/mol. The van der Waals surface area contributed by atoms with E-state index in [-0.39, 0.29) is 11.8 Å². The van der Waals surface area contributed by atoms with Crippen molar-refractivity contribution in [3.8, 4) is 0 Å². The van der Waals surface area contributed by atoms with Gasteiger partial charge in [-0.2, -0.15) is 0 Å². The Labute approximate surface area is 114 Å². The molecule has 1 fully saturated rings. The summed E-state index contributed by atoms with van der Waals surface area (Å²) >= 11 is 5.98. The van der Waals surface area contributed by atoms with Gasteiger partial charge in [-0.1, -0.05) is 49.1 Å². The molecule has 0 amide bonds. The third-order valence-corrected chi connectivity index (χ3v) is 5.01. The molecule has 0 spiro atoms. The van der Waals surface area contributed by atoms with Gasteiger partial charge in [0.1, 0.15) is 0 Å². The minimum atomic E-state index is -3.29. The first kappa shape index (κ1) is 13.8. The van der Waals surface area contributed by atoms with Crippen LogP contribution in [0.5, 0.6) is 0 Å². The number of rotatable bonds is 4. The molecule has 1 aromatic carbocycles. The van der Waals surface area contributed by atoms with Crippen molar-refractivity contribution in [2.75, 3.05) is 0 Å². The molecule has 3 nitrogen and oxygen atoms in total. The van der Waals surface area contributed by atoms with E-state index in [2.05, 4.69) is 4.72 Å². The molecular formula is C13H18ClNO2S. The molecule has 2 rings (SSSR count). The zero-order chi connectivity index (χ0) is 13.0. The maximum atomic E-state index is 12.1. The maximum Gasteiger partial charge on any atom is 0.216 e. The van der Waals surface area contributed by atoms with Gasteiger partial charge in [0, 0.05) is 11.1 Å². The van der Waals surface area contributed by atoms with E-state index in [1.165, 1.54) is 6.42 Å². The van der Waals surface area contributed by atoms with Gasteiger partial charge in [-0.05, 0) is 24.5 Å². The molecule has 1 N–H and O–H groups in total. The van der Waals surface area contributed by atoms with Crippen LogP contribution in [-0.4, -0.2) is 14.5 Å². The van der Waals surface area contributed by atoms with Crippen LogP contribution in [0.2, 0.25) is 5.02 Å². The minimum Gasteiger partial charge on any atom is -0.212 e. The van der Waals surface area contributed by atoms with Crippen molar-refractivity contribution in [1.29, 1.82) is 0 Å². The highest BCUT2D eigenvalue weighted by Gasteiger charge is 2.21. The molecule has 100 valence electrons. The Bertz CT molecular complexity index is 495. The number of hydrogen-bond acceptors (Lipinski definition) is 2.